The summed E-state index contributed by atoms with van der Waals surface area (Å²) >= 11 is 5.65. The van der Waals surface area contributed by atoms with Gasteiger partial charge >= 0.3 is 5.97 Å². The Morgan fingerprint density at radius 1 is 1.45 bits per heavy atom. The Hall–Kier alpha value is -1.13. The Morgan fingerprint density at radius 3 is 2.65 bits per heavy atom. The van der Waals surface area contributed by atoms with Gasteiger partial charge in [-0.1, -0.05) is 17.7 Å². The van der Waals surface area contributed by atoms with E-state index in [2.05, 4.69) is 0 Å². The highest BCUT2D eigenvalue weighted by Gasteiger charge is 2.61. The maximum Gasteiger partial charge on any atom is 0.308 e. The zero-order chi connectivity index (χ0) is 14.5. The van der Waals surface area contributed by atoms with E-state index in [1.54, 1.807) is 6.07 Å². The summed E-state index contributed by atoms with van der Waals surface area (Å²) in [7, 11) is 1.39. The number of ether oxygens (including phenoxy) is 1. The third-order valence-corrected chi connectivity index (χ3v) is 4.99. The van der Waals surface area contributed by atoms with Crippen molar-refractivity contribution < 1.29 is 19.0 Å². The van der Waals surface area contributed by atoms with Gasteiger partial charge in [-0.15, -0.1) is 0 Å². The van der Waals surface area contributed by atoms with Crippen LogP contribution in [-0.2, 0) is 15.1 Å². The van der Waals surface area contributed by atoms with Crippen LogP contribution in [0.15, 0.2) is 18.2 Å². The average molecular weight is 299 g/mol. The Bertz CT molecular complexity index is 558. The van der Waals surface area contributed by atoms with Crippen molar-refractivity contribution in [3.63, 3.8) is 0 Å². The second kappa shape index (κ2) is 4.43. The van der Waals surface area contributed by atoms with Crippen LogP contribution in [0.25, 0.3) is 0 Å². The van der Waals surface area contributed by atoms with E-state index in [0.29, 0.717) is 18.4 Å². The molecule has 1 aromatic rings. The maximum atomic E-state index is 13.5. The predicted molar refractivity (Wildman–Crippen MR) is 71.7 cm³/mol. The molecule has 5 heteroatoms. The summed E-state index contributed by atoms with van der Waals surface area (Å²) in [6, 6.07) is 4.42. The highest BCUT2D eigenvalue weighted by atomic mass is 35.5. The summed E-state index contributed by atoms with van der Waals surface area (Å²) in [5, 5.41) is 10.6. The molecule has 3 rings (SSSR count). The number of methoxy groups -OCH3 is 1. The molecule has 1 spiro atoms. The van der Waals surface area contributed by atoms with Crippen LogP contribution in [0.2, 0.25) is 5.02 Å². The van der Waals surface area contributed by atoms with Gasteiger partial charge in [-0.25, -0.2) is 4.39 Å². The van der Waals surface area contributed by atoms with Crippen LogP contribution < -0.4 is 0 Å². The lowest BCUT2D eigenvalue weighted by molar-refractivity contribution is -0.198. The molecule has 2 saturated carbocycles. The molecule has 0 radical (unpaired) electrons. The quantitative estimate of drug-likeness (QED) is 0.854. The molecule has 0 aromatic heterocycles. The van der Waals surface area contributed by atoms with Crippen molar-refractivity contribution >= 4 is 17.6 Å². The van der Waals surface area contributed by atoms with Crippen molar-refractivity contribution in [1.29, 1.82) is 0 Å². The molecule has 1 N–H and O–H groups in total. The first-order valence-corrected chi connectivity index (χ1v) is 7.01. The third kappa shape index (κ3) is 2.02. The minimum Gasteiger partial charge on any atom is -0.469 e. The summed E-state index contributed by atoms with van der Waals surface area (Å²) in [4.78, 5) is 11.4. The average Bonchev–Trinajstić information content (AvgIpc) is 2.34. The van der Waals surface area contributed by atoms with Gasteiger partial charge in [0.25, 0.3) is 0 Å². The maximum absolute atomic E-state index is 13.5. The van der Waals surface area contributed by atoms with E-state index in [1.165, 1.54) is 19.2 Å². The van der Waals surface area contributed by atoms with Gasteiger partial charge in [0.15, 0.2) is 0 Å². The van der Waals surface area contributed by atoms with Crippen LogP contribution in [0.1, 0.15) is 31.2 Å². The van der Waals surface area contributed by atoms with Gasteiger partial charge in [0, 0.05) is 0 Å². The highest BCUT2D eigenvalue weighted by molar-refractivity contribution is 6.30. The largest absolute Gasteiger partial charge is 0.469 e. The number of halogens is 2. The Balaban J connectivity index is 1.67. The molecular formula is C15H16ClFO3. The lowest BCUT2D eigenvalue weighted by atomic mass is 9.45. The van der Waals surface area contributed by atoms with E-state index in [-0.39, 0.29) is 22.3 Å². The number of hydrogen-bond acceptors (Lipinski definition) is 3. The SMILES string of the molecule is COC(=O)C1CC2(C1)CC(O)(c1ccc(Cl)c(F)c1)C2. The van der Waals surface area contributed by atoms with Crippen molar-refractivity contribution in [2.24, 2.45) is 11.3 Å². The van der Waals surface area contributed by atoms with Crippen LogP contribution in [0.5, 0.6) is 0 Å². The molecule has 0 atom stereocenters. The first-order valence-electron chi connectivity index (χ1n) is 6.63. The number of esters is 1. The minimum atomic E-state index is -0.994. The Morgan fingerprint density at radius 2 is 2.10 bits per heavy atom. The Labute approximate surface area is 121 Å². The zero-order valence-electron chi connectivity index (χ0n) is 11.2. The molecule has 108 valence electrons. The molecule has 0 unspecified atom stereocenters. The van der Waals surface area contributed by atoms with Gasteiger partial charge in [-0.3, -0.25) is 4.79 Å². The van der Waals surface area contributed by atoms with Crippen LogP contribution >= 0.6 is 11.6 Å². The van der Waals surface area contributed by atoms with Gasteiger partial charge < -0.3 is 9.84 Å². The summed E-state index contributed by atoms with van der Waals surface area (Å²) in [6.45, 7) is 0. The van der Waals surface area contributed by atoms with E-state index in [1.807, 2.05) is 0 Å². The number of rotatable bonds is 2. The lowest BCUT2D eigenvalue weighted by Crippen LogP contribution is -2.57. The van der Waals surface area contributed by atoms with Gasteiger partial charge in [0.1, 0.15) is 5.82 Å². The van der Waals surface area contributed by atoms with Gasteiger partial charge in [0.2, 0.25) is 0 Å². The van der Waals surface area contributed by atoms with Gasteiger partial charge in [-0.05, 0) is 48.8 Å². The number of hydrogen-bond donors (Lipinski definition) is 1. The van der Waals surface area contributed by atoms with Crippen LogP contribution in [0.3, 0.4) is 0 Å². The first-order chi connectivity index (χ1) is 9.37. The van der Waals surface area contributed by atoms with Crippen molar-refractivity contribution in [3.8, 4) is 0 Å². The predicted octanol–water partition coefficient (Wildman–Crippen LogP) is 3.03. The fourth-order valence-corrected chi connectivity index (χ4v) is 3.90. The molecule has 2 fully saturated rings. The summed E-state index contributed by atoms with van der Waals surface area (Å²) in [5.74, 6) is -0.741. The minimum absolute atomic E-state index is 0.0176. The fraction of sp³-hybridized carbons (Fsp3) is 0.533. The molecule has 2 aliphatic carbocycles. The summed E-state index contributed by atoms with van der Waals surface area (Å²) in [6.07, 6.45) is 2.62. The van der Waals surface area contributed by atoms with E-state index in [0.717, 1.165) is 12.8 Å². The fourth-order valence-electron chi connectivity index (χ4n) is 3.79. The number of carbonyl (C=O) groups is 1. The van der Waals surface area contributed by atoms with Crippen molar-refractivity contribution in [1.82, 2.24) is 0 Å². The second-order valence-corrected chi connectivity index (χ2v) is 6.55. The van der Waals surface area contributed by atoms with Crippen LogP contribution in [0, 0.1) is 17.2 Å². The first kappa shape index (κ1) is 13.8. The number of benzene rings is 1. The number of carbonyl (C=O) groups excluding carboxylic acids is 1. The van der Waals surface area contributed by atoms with Crippen molar-refractivity contribution in [2.45, 2.75) is 31.3 Å². The third-order valence-electron chi connectivity index (χ3n) is 4.69. The zero-order valence-corrected chi connectivity index (χ0v) is 11.9. The van der Waals surface area contributed by atoms with Gasteiger partial charge in [0.05, 0.1) is 23.7 Å². The van der Waals surface area contributed by atoms with Crippen LogP contribution in [0.4, 0.5) is 4.39 Å². The van der Waals surface area contributed by atoms with Gasteiger partial charge in [-0.2, -0.15) is 0 Å². The van der Waals surface area contributed by atoms with E-state index < -0.39 is 11.4 Å². The monoisotopic (exact) mass is 298 g/mol. The highest BCUT2D eigenvalue weighted by Crippen LogP contribution is 2.65. The van der Waals surface area contributed by atoms with Crippen molar-refractivity contribution in [3.05, 3.63) is 34.6 Å². The van der Waals surface area contributed by atoms with Crippen LogP contribution in [-0.4, -0.2) is 18.2 Å². The summed E-state index contributed by atoms with van der Waals surface area (Å²) < 4.78 is 18.2. The smallest absolute Gasteiger partial charge is 0.308 e. The molecule has 0 amide bonds. The molecule has 20 heavy (non-hydrogen) atoms. The normalized spacial score (nSPS) is 35.3. The molecule has 1 aromatic carbocycles. The van der Waals surface area contributed by atoms with E-state index >= 15 is 0 Å². The second-order valence-electron chi connectivity index (χ2n) is 6.14. The Kier molecular flexibility index (Phi) is 3.07. The standard InChI is InChI=1S/C15H16ClFO3/c1-20-13(18)9-5-14(6-9)7-15(19,8-14)10-2-3-11(16)12(17)4-10/h2-4,9,19H,5-8H2,1H3. The molecule has 3 nitrogen and oxygen atoms in total. The summed E-state index contributed by atoms with van der Waals surface area (Å²) in [5.41, 5.74) is -0.414. The molecule has 0 bridgehead atoms. The molecule has 2 aliphatic rings. The van der Waals surface area contributed by atoms with E-state index in [9.17, 15) is 14.3 Å². The van der Waals surface area contributed by atoms with E-state index in [4.69, 9.17) is 16.3 Å². The number of aliphatic hydroxyl groups is 1. The van der Waals surface area contributed by atoms with Crippen molar-refractivity contribution in [2.75, 3.05) is 7.11 Å². The molecule has 0 heterocycles. The molecule has 0 saturated heterocycles. The molecular weight excluding hydrogens is 283 g/mol. The lowest BCUT2D eigenvalue weighted by Gasteiger charge is -2.61. The topological polar surface area (TPSA) is 46.5 Å². The molecule has 0 aliphatic heterocycles.